The summed E-state index contributed by atoms with van der Waals surface area (Å²) in [5.74, 6) is 0.220. The van der Waals surface area contributed by atoms with E-state index in [1.165, 1.54) is 5.56 Å². The molecule has 0 saturated heterocycles. The monoisotopic (exact) mass is 259 g/mol. The summed E-state index contributed by atoms with van der Waals surface area (Å²) in [6, 6.07) is 9.48. The fourth-order valence-electron chi connectivity index (χ4n) is 1.96. The van der Waals surface area contributed by atoms with E-state index < -0.39 is 0 Å². The van der Waals surface area contributed by atoms with Crippen LogP contribution >= 0.6 is 0 Å². The first-order valence-corrected chi connectivity index (χ1v) is 6.30. The van der Waals surface area contributed by atoms with Crippen LogP contribution in [-0.2, 0) is 20.0 Å². The van der Waals surface area contributed by atoms with Gasteiger partial charge in [0.2, 0.25) is 0 Å². The van der Waals surface area contributed by atoms with Gasteiger partial charge in [0.25, 0.3) is 0 Å². The normalized spacial score (nSPS) is 10.4. The van der Waals surface area contributed by atoms with Crippen LogP contribution in [0.5, 0.6) is 5.75 Å². The molecule has 4 heteroatoms. The molecule has 0 aliphatic rings. The van der Waals surface area contributed by atoms with Crippen LogP contribution < -0.4 is 9.88 Å². The lowest BCUT2D eigenvalue weighted by Gasteiger charge is -2.08. The van der Waals surface area contributed by atoms with Crippen molar-refractivity contribution in [1.82, 2.24) is 0 Å². The topological polar surface area (TPSA) is 56.4 Å². The molecule has 1 aromatic carbocycles. The van der Waals surface area contributed by atoms with Gasteiger partial charge in [0, 0.05) is 36.5 Å². The number of aliphatic hydroxyl groups excluding tert-OH is 1. The molecular weight excluding hydrogens is 240 g/mol. The predicted octanol–water partition coefficient (Wildman–Crippen LogP) is 1.36. The number of aliphatic hydroxyl groups is 1. The number of phenolic OH excluding ortho intramolecular Hbond substituents is 1. The molecule has 0 radical (unpaired) electrons. The largest absolute Gasteiger partial charge is 0.508 e. The van der Waals surface area contributed by atoms with Crippen molar-refractivity contribution in [2.45, 2.75) is 13.0 Å². The molecule has 2 rings (SSSR count). The van der Waals surface area contributed by atoms with Crippen LogP contribution in [-0.4, -0.2) is 16.8 Å². The van der Waals surface area contributed by atoms with Crippen molar-refractivity contribution in [3.05, 3.63) is 53.9 Å². The van der Waals surface area contributed by atoms with Crippen LogP contribution in [0.15, 0.2) is 42.7 Å². The number of nitrogens with one attached hydrogen (secondary N) is 1. The average Bonchev–Trinajstić information content (AvgIpc) is 2.39. The Balaban J connectivity index is 2.02. The summed E-state index contributed by atoms with van der Waals surface area (Å²) >= 11 is 0. The maximum Gasteiger partial charge on any atom is 0.173 e. The molecule has 0 spiro atoms. The van der Waals surface area contributed by atoms with Gasteiger partial charge >= 0.3 is 0 Å². The smallest absolute Gasteiger partial charge is 0.173 e. The third-order valence-electron chi connectivity index (χ3n) is 2.96. The first kappa shape index (κ1) is 13.4. The number of hydrogen-bond acceptors (Lipinski definition) is 3. The number of nitrogens with zero attached hydrogens (tertiary/aromatic N) is 1. The van der Waals surface area contributed by atoms with Gasteiger partial charge in [-0.3, -0.25) is 0 Å². The summed E-state index contributed by atoms with van der Waals surface area (Å²) in [4.78, 5) is 0. The molecular formula is C15H19N2O2+. The fraction of sp³-hybridized carbons (Fsp3) is 0.267. The predicted molar refractivity (Wildman–Crippen MR) is 73.8 cm³/mol. The number of aromatic nitrogens is 1. The van der Waals surface area contributed by atoms with Crippen molar-refractivity contribution < 1.29 is 14.8 Å². The standard InChI is InChI=1S/C15H18N2O2/c1-17-7-2-3-12(11-17)10-16-14-5-4-13(6-8-18)15(19)9-14/h2-5,7,9,11,16,18H,6,8,10H2,1H3/p+1. The first-order valence-electron chi connectivity index (χ1n) is 6.30. The van der Waals surface area contributed by atoms with Crippen molar-refractivity contribution >= 4 is 5.69 Å². The molecule has 0 aliphatic carbocycles. The Hall–Kier alpha value is -2.07. The lowest BCUT2D eigenvalue weighted by molar-refractivity contribution is -0.671. The second kappa shape index (κ2) is 6.20. The Morgan fingerprint density at radius 3 is 2.79 bits per heavy atom. The summed E-state index contributed by atoms with van der Waals surface area (Å²) in [5, 5.41) is 21.9. The molecule has 0 fully saturated rings. The highest BCUT2D eigenvalue weighted by atomic mass is 16.3. The molecule has 0 atom stereocenters. The Bertz CT molecular complexity index is 556. The number of aromatic hydroxyl groups is 1. The Morgan fingerprint density at radius 2 is 2.11 bits per heavy atom. The van der Waals surface area contributed by atoms with Gasteiger partial charge < -0.3 is 15.5 Å². The minimum absolute atomic E-state index is 0.0425. The summed E-state index contributed by atoms with van der Waals surface area (Å²) in [5.41, 5.74) is 2.80. The quantitative estimate of drug-likeness (QED) is 0.711. The summed E-state index contributed by atoms with van der Waals surface area (Å²) in [7, 11) is 1.99. The van der Waals surface area contributed by atoms with Crippen molar-refractivity contribution in [2.24, 2.45) is 7.05 Å². The minimum Gasteiger partial charge on any atom is -0.508 e. The Labute approximate surface area is 113 Å². The number of rotatable bonds is 5. The summed E-state index contributed by atoms with van der Waals surface area (Å²) in [6.45, 7) is 0.744. The van der Waals surface area contributed by atoms with E-state index >= 15 is 0 Å². The molecule has 1 aromatic heterocycles. The van der Waals surface area contributed by atoms with Crippen LogP contribution in [0, 0.1) is 0 Å². The van der Waals surface area contributed by atoms with E-state index in [9.17, 15) is 5.11 Å². The number of phenols is 1. The van der Waals surface area contributed by atoms with E-state index in [0.717, 1.165) is 11.3 Å². The van der Waals surface area contributed by atoms with Gasteiger partial charge in [-0.1, -0.05) is 6.07 Å². The van der Waals surface area contributed by atoms with Crippen LogP contribution in [0.3, 0.4) is 0 Å². The zero-order valence-corrected chi connectivity index (χ0v) is 11.0. The fourth-order valence-corrected chi connectivity index (χ4v) is 1.96. The van der Waals surface area contributed by atoms with Gasteiger partial charge in [0.1, 0.15) is 12.8 Å². The number of benzene rings is 1. The van der Waals surface area contributed by atoms with Crippen molar-refractivity contribution in [3.63, 3.8) is 0 Å². The molecule has 3 N–H and O–H groups in total. The average molecular weight is 259 g/mol. The third-order valence-corrected chi connectivity index (χ3v) is 2.96. The minimum atomic E-state index is 0.0425. The molecule has 0 unspecified atom stereocenters. The van der Waals surface area contributed by atoms with E-state index in [-0.39, 0.29) is 12.4 Å². The second-order valence-electron chi connectivity index (χ2n) is 4.55. The molecule has 0 bridgehead atoms. The molecule has 0 saturated carbocycles. The highest BCUT2D eigenvalue weighted by molar-refractivity contribution is 5.51. The van der Waals surface area contributed by atoms with E-state index in [4.69, 9.17) is 5.11 Å². The first-order chi connectivity index (χ1) is 9.19. The van der Waals surface area contributed by atoms with E-state index in [2.05, 4.69) is 5.32 Å². The van der Waals surface area contributed by atoms with Gasteiger partial charge in [0.05, 0.1) is 0 Å². The van der Waals surface area contributed by atoms with Gasteiger partial charge in [-0.2, -0.15) is 0 Å². The second-order valence-corrected chi connectivity index (χ2v) is 4.55. The maximum atomic E-state index is 9.81. The van der Waals surface area contributed by atoms with Gasteiger partial charge in [-0.05, 0) is 24.1 Å². The van der Waals surface area contributed by atoms with Gasteiger partial charge in [0.15, 0.2) is 12.4 Å². The van der Waals surface area contributed by atoms with Crippen LogP contribution in [0.4, 0.5) is 5.69 Å². The number of aryl methyl sites for hydroxylation is 1. The number of hydrogen-bond donors (Lipinski definition) is 3. The lowest BCUT2D eigenvalue weighted by Crippen LogP contribution is -2.27. The molecule has 1 heterocycles. The van der Waals surface area contributed by atoms with Crippen LogP contribution in [0.1, 0.15) is 11.1 Å². The highest BCUT2D eigenvalue weighted by Gasteiger charge is 2.03. The molecule has 0 aliphatic heterocycles. The third kappa shape index (κ3) is 3.69. The van der Waals surface area contributed by atoms with E-state index in [0.29, 0.717) is 13.0 Å². The SMILES string of the molecule is C[n+]1cccc(CNc2ccc(CCO)c(O)c2)c1. The Kier molecular flexibility index (Phi) is 4.36. The van der Waals surface area contributed by atoms with Crippen LogP contribution in [0.2, 0.25) is 0 Å². The maximum absolute atomic E-state index is 9.81. The van der Waals surface area contributed by atoms with E-state index in [1.54, 1.807) is 6.07 Å². The summed E-state index contributed by atoms with van der Waals surface area (Å²) in [6.07, 6.45) is 4.51. The number of anilines is 1. The lowest BCUT2D eigenvalue weighted by atomic mass is 10.1. The van der Waals surface area contributed by atoms with Gasteiger partial charge in [-0.15, -0.1) is 0 Å². The van der Waals surface area contributed by atoms with Crippen molar-refractivity contribution in [2.75, 3.05) is 11.9 Å². The van der Waals surface area contributed by atoms with Crippen LogP contribution in [0.25, 0.3) is 0 Å². The van der Waals surface area contributed by atoms with Gasteiger partial charge in [-0.25, -0.2) is 4.57 Å². The molecule has 4 nitrogen and oxygen atoms in total. The summed E-state index contributed by atoms with van der Waals surface area (Å²) < 4.78 is 2.00. The van der Waals surface area contributed by atoms with Crippen molar-refractivity contribution in [3.8, 4) is 5.75 Å². The molecule has 100 valence electrons. The highest BCUT2D eigenvalue weighted by Crippen LogP contribution is 2.22. The Morgan fingerprint density at radius 1 is 1.26 bits per heavy atom. The molecule has 19 heavy (non-hydrogen) atoms. The zero-order chi connectivity index (χ0) is 13.7. The van der Waals surface area contributed by atoms with E-state index in [1.807, 2.05) is 48.3 Å². The number of pyridine rings is 1. The molecule has 0 amide bonds. The van der Waals surface area contributed by atoms with Crippen molar-refractivity contribution in [1.29, 1.82) is 0 Å². The zero-order valence-electron chi connectivity index (χ0n) is 11.0. The molecule has 2 aromatic rings.